The van der Waals surface area contributed by atoms with Crippen molar-refractivity contribution in [2.75, 3.05) is 26.3 Å². The molecule has 0 aliphatic heterocycles. The Hall–Kier alpha value is -5.80. The summed E-state index contributed by atoms with van der Waals surface area (Å²) < 4.78 is 10.7. The third-order valence-electron chi connectivity index (χ3n) is 9.60. The molecule has 0 saturated heterocycles. The van der Waals surface area contributed by atoms with E-state index < -0.39 is 35.7 Å². The van der Waals surface area contributed by atoms with Crippen LogP contribution < -0.4 is 37.6 Å². The molecule has 57 heavy (non-hydrogen) atoms. The van der Waals surface area contributed by atoms with Crippen molar-refractivity contribution in [3.63, 3.8) is 0 Å². The summed E-state index contributed by atoms with van der Waals surface area (Å²) in [7, 11) is 0. The highest BCUT2D eigenvalue weighted by atomic mass is 16.5. The number of benzene rings is 2. The van der Waals surface area contributed by atoms with Crippen molar-refractivity contribution < 1.29 is 37.9 Å². The first-order valence-corrected chi connectivity index (χ1v) is 19.4. The molecule has 3 aromatic rings. The molecular weight excluding hydrogens is 731 g/mol. The molecule has 8 N–H and O–H groups in total. The summed E-state index contributed by atoms with van der Waals surface area (Å²) in [4.78, 5) is 76.0. The fraction of sp³-hybridized carbons (Fsp3) is 0.429. The summed E-state index contributed by atoms with van der Waals surface area (Å²) in [6, 6.07) is 16.2. The van der Waals surface area contributed by atoms with Gasteiger partial charge in [0.25, 0.3) is 0 Å². The summed E-state index contributed by atoms with van der Waals surface area (Å²) in [6.45, 7) is 3.65. The molecule has 1 fully saturated rings. The Morgan fingerprint density at radius 1 is 0.807 bits per heavy atom. The minimum atomic E-state index is -0.950. The lowest BCUT2D eigenvalue weighted by molar-refractivity contribution is -0.128. The smallest absolute Gasteiger partial charge is 0.244 e. The highest BCUT2D eigenvalue weighted by Crippen LogP contribution is 2.23. The van der Waals surface area contributed by atoms with E-state index in [1.165, 1.54) is 18.4 Å². The minimum absolute atomic E-state index is 0.0741. The molecule has 15 heteroatoms. The Morgan fingerprint density at radius 2 is 1.54 bits per heavy atom. The van der Waals surface area contributed by atoms with Gasteiger partial charge in [0, 0.05) is 57.2 Å². The third kappa shape index (κ3) is 16.1. The molecule has 1 aliphatic carbocycles. The van der Waals surface area contributed by atoms with Crippen molar-refractivity contribution in [1.82, 2.24) is 31.9 Å². The van der Waals surface area contributed by atoms with Gasteiger partial charge in [0.15, 0.2) is 0 Å². The number of rotatable bonds is 23. The molecule has 306 valence electrons. The zero-order valence-electron chi connectivity index (χ0n) is 32.4. The number of hydrogen-bond donors (Lipinski definition) is 7. The maximum Gasteiger partial charge on any atom is 0.244 e. The van der Waals surface area contributed by atoms with Crippen LogP contribution in [0.25, 0.3) is 0 Å². The van der Waals surface area contributed by atoms with Crippen LogP contribution in [-0.2, 0) is 65.9 Å². The van der Waals surface area contributed by atoms with E-state index >= 15 is 0 Å². The molecule has 0 unspecified atom stereocenters. The molecule has 2 atom stereocenters. The zero-order chi connectivity index (χ0) is 40.8. The van der Waals surface area contributed by atoms with Crippen molar-refractivity contribution in [2.45, 2.75) is 83.1 Å². The zero-order valence-corrected chi connectivity index (χ0v) is 32.4. The molecule has 4 rings (SSSR count). The summed E-state index contributed by atoms with van der Waals surface area (Å²) in [5.74, 6) is -0.745. The predicted molar refractivity (Wildman–Crippen MR) is 213 cm³/mol. The third-order valence-corrected chi connectivity index (χ3v) is 9.60. The second-order valence-corrected chi connectivity index (χ2v) is 14.1. The first-order chi connectivity index (χ1) is 27.6. The van der Waals surface area contributed by atoms with Crippen LogP contribution in [0.15, 0.2) is 83.5 Å². The monoisotopic (exact) mass is 785 g/mol. The van der Waals surface area contributed by atoms with Crippen LogP contribution in [0.5, 0.6) is 0 Å². The van der Waals surface area contributed by atoms with Gasteiger partial charge in [-0.1, -0.05) is 55.5 Å². The Kier molecular flexibility index (Phi) is 18.5. The van der Waals surface area contributed by atoms with E-state index in [9.17, 15) is 28.8 Å². The SMILES string of the molecule is C[C@H]1CC[C@@H](NC(=O)/C=C/C(=O)NCc2cccc(C[C@H](NC(=O)Cc3ccccc3CNC(=O)[C@H](Cc3ccco3)NC=O)C(=O)NCCOCCN)c2)CC1. The summed E-state index contributed by atoms with van der Waals surface area (Å²) >= 11 is 0. The molecular formula is C42H55N7O8. The van der Waals surface area contributed by atoms with Gasteiger partial charge in [0.05, 0.1) is 25.9 Å². The van der Waals surface area contributed by atoms with Crippen LogP contribution in [0.3, 0.4) is 0 Å². The number of amides is 6. The van der Waals surface area contributed by atoms with Gasteiger partial charge in [-0.15, -0.1) is 0 Å². The van der Waals surface area contributed by atoms with E-state index in [1.54, 1.807) is 42.5 Å². The van der Waals surface area contributed by atoms with E-state index in [4.69, 9.17) is 14.9 Å². The average Bonchev–Trinajstić information content (AvgIpc) is 3.72. The van der Waals surface area contributed by atoms with E-state index in [0.717, 1.165) is 36.8 Å². The quantitative estimate of drug-likeness (QED) is 0.0420. The van der Waals surface area contributed by atoms with Gasteiger partial charge >= 0.3 is 0 Å². The van der Waals surface area contributed by atoms with E-state index in [-0.39, 0.29) is 57.5 Å². The highest BCUT2D eigenvalue weighted by Gasteiger charge is 2.24. The second-order valence-electron chi connectivity index (χ2n) is 14.1. The number of hydrogen-bond acceptors (Lipinski definition) is 9. The van der Waals surface area contributed by atoms with Crippen LogP contribution in [-0.4, -0.2) is 80.4 Å². The normalized spacial score (nSPS) is 16.2. The largest absolute Gasteiger partial charge is 0.469 e. The number of carbonyl (C=O) groups is 6. The van der Waals surface area contributed by atoms with Crippen molar-refractivity contribution in [3.05, 3.63) is 107 Å². The van der Waals surface area contributed by atoms with Crippen molar-refractivity contribution in [2.24, 2.45) is 11.7 Å². The van der Waals surface area contributed by atoms with Gasteiger partial charge in [0.2, 0.25) is 35.9 Å². The minimum Gasteiger partial charge on any atom is -0.469 e. The first-order valence-electron chi connectivity index (χ1n) is 19.4. The van der Waals surface area contributed by atoms with Gasteiger partial charge in [-0.25, -0.2) is 0 Å². The molecule has 0 radical (unpaired) electrons. The van der Waals surface area contributed by atoms with Gasteiger partial charge in [-0.3, -0.25) is 28.8 Å². The van der Waals surface area contributed by atoms with Crippen LogP contribution in [0.4, 0.5) is 0 Å². The van der Waals surface area contributed by atoms with Gasteiger partial charge in [-0.05, 0) is 66.0 Å². The van der Waals surface area contributed by atoms with Gasteiger partial charge in [-0.2, -0.15) is 0 Å². The van der Waals surface area contributed by atoms with Crippen LogP contribution in [0, 0.1) is 5.92 Å². The maximum atomic E-state index is 13.5. The molecule has 2 aromatic carbocycles. The highest BCUT2D eigenvalue weighted by molar-refractivity contribution is 5.96. The van der Waals surface area contributed by atoms with Gasteiger partial charge in [0.1, 0.15) is 17.8 Å². The van der Waals surface area contributed by atoms with Crippen molar-refractivity contribution in [3.8, 4) is 0 Å². The molecule has 0 bridgehead atoms. The molecule has 1 heterocycles. The van der Waals surface area contributed by atoms with Crippen LogP contribution in [0.2, 0.25) is 0 Å². The van der Waals surface area contributed by atoms with Gasteiger partial charge < -0.3 is 46.8 Å². The van der Waals surface area contributed by atoms with E-state index in [2.05, 4.69) is 38.8 Å². The molecule has 1 aliphatic rings. The number of carbonyl (C=O) groups excluding carboxylic acids is 6. The Labute approximate surface area is 333 Å². The van der Waals surface area contributed by atoms with E-state index in [1.807, 2.05) is 18.2 Å². The average molecular weight is 786 g/mol. The summed E-state index contributed by atoms with van der Waals surface area (Å²) in [5.41, 5.74) is 8.33. The summed E-state index contributed by atoms with van der Waals surface area (Å²) in [6.07, 6.45) is 8.68. The lowest BCUT2D eigenvalue weighted by Gasteiger charge is -2.26. The van der Waals surface area contributed by atoms with Crippen LogP contribution >= 0.6 is 0 Å². The second kappa shape index (κ2) is 24.0. The van der Waals surface area contributed by atoms with E-state index in [0.29, 0.717) is 42.4 Å². The topological polar surface area (TPSA) is 223 Å². The fourth-order valence-corrected chi connectivity index (χ4v) is 6.49. The molecule has 0 spiro atoms. The Bertz CT molecular complexity index is 1790. The standard InChI is InChI=1S/C42H55N7O8/c1-29-11-13-34(14-12-29)48-39(52)16-15-38(51)45-26-31-7-4-6-30(22-31)23-37(42(55)44-18-21-56-20-17-43)49-40(53)24-32-8-2-3-9-33(32)27-46-41(54)36(47-28-50)25-35-10-5-19-57-35/h2-10,15-16,19,22,28-29,34,36-37H,11-14,17-18,20-21,23-27,43H2,1H3,(H,44,55)(H,45,51)(H,46,54)(H,47,50)(H,48,52)(H,49,53)/b16-15+/t29-,34+,36-,37-/m0/s1. The summed E-state index contributed by atoms with van der Waals surface area (Å²) in [5, 5.41) is 16.8. The molecule has 1 saturated carbocycles. The predicted octanol–water partition coefficient (Wildman–Crippen LogP) is 1.48. The Balaban J connectivity index is 1.35. The fourth-order valence-electron chi connectivity index (χ4n) is 6.49. The Morgan fingerprint density at radius 3 is 2.28 bits per heavy atom. The number of nitrogens with two attached hydrogens (primary N) is 1. The van der Waals surface area contributed by atoms with Crippen molar-refractivity contribution >= 4 is 35.9 Å². The molecule has 6 amide bonds. The lowest BCUT2D eigenvalue weighted by Crippen LogP contribution is -2.49. The number of ether oxygens (including phenoxy) is 1. The van der Waals surface area contributed by atoms with Crippen LogP contribution in [0.1, 0.15) is 60.6 Å². The molecule has 1 aromatic heterocycles. The first kappa shape index (κ1) is 43.9. The van der Waals surface area contributed by atoms with Crippen molar-refractivity contribution in [1.29, 1.82) is 0 Å². The number of nitrogens with one attached hydrogen (secondary N) is 6. The lowest BCUT2D eigenvalue weighted by atomic mass is 9.87. The maximum absolute atomic E-state index is 13.5. The number of furan rings is 1. The molecule has 15 nitrogen and oxygen atoms in total.